The Labute approximate surface area is 334 Å². The minimum Gasteiger partial charge on any atom is -0.457 e. The van der Waals surface area contributed by atoms with Gasteiger partial charge in [-0.3, -0.25) is 34.5 Å². The Kier molecular flexibility index (Phi) is 10.9. The average molecular weight is 789 g/mol. The first kappa shape index (κ1) is 38.6. The molecule has 4 aliphatic heterocycles. The summed E-state index contributed by atoms with van der Waals surface area (Å²) in [6.07, 6.45) is 4.05. The number of nitrogen functional groups attached to an aromatic ring is 1. The van der Waals surface area contributed by atoms with Gasteiger partial charge in [0.15, 0.2) is 0 Å². The average Bonchev–Trinajstić information content (AvgIpc) is 3.44. The van der Waals surface area contributed by atoms with Crippen molar-refractivity contribution in [1.29, 1.82) is 5.41 Å². The zero-order valence-corrected chi connectivity index (χ0v) is 32.1. The zero-order chi connectivity index (χ0) is 40.5. The minimum absolute atomic E-state index is 0.0602. The number of carbonyl (C=O) groups is 4. The molecule has 0 aliphatic carbocycles. The third-order valence-electron chi connectivity index (χ3n) is 11.7. The summed E-state index contributed by atoms with van der Waals surface area (Å²) >= 11 is 0. The van der Waals surface area contributed by atoms with Gasteiger partial charge in [-0.25, -0.2) is 14.4 Å². The summed E-state index contributed by atoms with van der Waals surface area (Å²) in [6, 6.07) is 18.1. The molecule has 0 bridgehead atoms. The fourth-order valence-electron chi connectivity index (χ4n) is 8.24. The number of rotatable bonds is 14. The summed E-state index contributed by atoms with van der Waals surface area (Å²) < 4.78 is 19.1. The molecule has 5 N–H and O–H groups in total. The van der Waals surface area contributed by atoms with E-state index >= 15 is 0 Å². The van der Waals surface area contributed by atoms with Gasteiger partial charge in [0.2, 0.25) is 5.91 Å². The highest BCUT2D eigenvalue weighted by Crippen LogP contribution is 2.34. The highest BCUT2D eigenvalue weighted by Gasteiger charge is 2.45. The second-order valence-electron chi connectivity index (χ2n) is 15.1. The minimum atomic E-state index is -1.04. The SMILES string of the molecule is CNC(=O)C(CCC=O)N1C(=O)c2ccc(N3CC(N4CC(N5CCC(Nc6ncnc(N)c6C(=N)c6ccc(Oc7ccc(F)cc7)cc6)CC5)C4)C3)cc2C1=O. The fourth-order valence-corrected chi connectivity index (χ4v) is 8.24. The largest absolute Gasteiger partial charge is 0.457 e. The number of nitrogens with one attached hydrogen (secondary N) is 3. The molecule has 4 aliphatic rings. The molecule has 16 heteroatoms. The van der Waals surface area contributed by atoms with Gasteiger partial charge in [-0.1, -0.05) is 0 Å². The number of nitrogens with two attached hydrogens (primary N) is 1. The summed E-state index contributed by atoms with van der Waals surface area (Å²) in [4.78, 5) is 67.0. The Bertz CT molecular complexity index is 2220. The number of fused-ring (bicyclic) bond motifs is 1. The second kappa shape index (κ2) is 16.3. The number of likely N-dealkylation sites (tertiary alicyclic amines) is 2. The van der Waals surface area contributed by atoms with Crippen LogP contribution in [-0.2, 0) is 9.59 Å². The van der Waals surface area contributed by atoms with Crippen molar-refractivity contribution in [2.75, 3.05) is 62.3 Å². The van der Waals surface area contributed by atoms with E-state index in [1.807, 2.05) is 6.07 Å². The number of aldehydes is 1. The highest BCUT2D eigenvalue weighted by atomic mass is 19.1. The first-order valence-electron chi connectivity index (χ1n) is 19.5. The van der Waals surface area contributed by atoms with Gasteiger partial charge in [0, 0.05) is 82.1 Å². The molecule has 300 valence electrons. The summed E-state index contributed by atoms with van der Waals surface area (Å²) in [5.74, 6) is -0.0257. The summed E-state index contributed by atoms with van der Waals surface area (Å²) in [5, 5.41) is 15.1. The summed E-state index contributed by atoms with van der Waals surface area (Å²) in [6.45, 7) is 5.48. The zero-order valence-electron chi connectivity index (χ0n) is 32.1. The molecule has 8 rings (SSSR count). The van der Waals surface area contributed by atoms with Crippen molar-refractivity contribution in [2.45, 2.75) is 49.9 Å². The molecule has 3 amide bonds. The van der Waals surface area contributed by atoms with Crippen molar-refractivity contribution in [3.63, 3.8) is 0 Å². The van der Waals surface area contributed by atoms with Gasteiger partial charge in [-0.2, -0.15) is 0 Å². The molecule has 1 atom stereocenters. The van der Waals surface area contributed by atoms with Crippen molar-refractivity contribution in [2.24, 2.45) is 0 Å². The Morgan fingerprint density at radius 2 is 1.59 bits per heavy atom. The molecule has 4 aromatic rings. The molecular formula is C42H45FN10O5. The van der Waals surface area contributed by atoms with Crippen molar-refractivity contribution in [1.82, 2.24) is 30.0 Å². The third-order valence-corrected chi connectivity index (χ3v) is 11.7. The predicted molar refractivity (Wildman–Crippen MR) is 215 cm³/mol. The van der Waals surface area contributed by atoms with Gasteiger partial charge < -0.3 is 30.8 Å². The topological polar surface area (TPSA) is 190 Å². The standard InChI is InChI=1S/C42H45FN10O5/c1-46-40(55)35(3-2-18-54)53-41(56)33-13-8-28(19-34(33)42(53)57)51-22-30(23-51)52-20-29(21-52)50-16-14-27(15-17-50)49-39-36(38(45)47-24-48-39)37(44)25-4-9-31(10-5-25)58-32-11-6-26(43)7-12-32/h4-13,18-19,24,27,29-30,35,44H,2-3,14-17,20-23H2,1H3,(H,46,55)(H3,45,47,48,49). The molecule has 15 nitrogen and oxygen atoms in total. The van der Waals surface area contributed by atoms with E-state index in [4.69, 9.17) is 15.9 Å². The van der Waals surface area contributed by atoms with Crippen LogP contribution in [0.2, 0.25) is 0 Å². The van der Waals surface area contributed by atoms with E-state index in [1.54, 1.807) is 48.5 Å². The molecule has 3 saturated heterocycles. The second-order valence-corrected chi connectivity index (χ2v) is 15.1. The van der Waals surface area contributed by atoms with E-state index in [1.165, 1.54) is 25.5 Å². The molecule has 0 saturated carbocycles. The summed E-state index contributed by atoms with van der Waals surface area (Å²) in [7, 11) is 1.44. The molecule has 0 radical (unpaired) electrons. The van der Waals surface area contributed by atoms with Crippen LogP contribution < -0.4 is 26.0 Å². The van der Waals surface area contributed by atoms with E-state index < -0.39 is 23.8 Å². The first-order valence-corrected chi connectivity index (χ1v) is 19.5. The Morgan fingerprint density at radius 1 is 0.931 bits per heavy atom. The number of hydrogen-bond acceptors (Lipinski definition) is 13. The van der Waals surface area contributed by atoms with Crippen LogP contribution in [0.25, 0.3) is 0 Å². The Hall–Kier alpha value is -6.26. The predicted octanol–water partition coefficient (Wildman–Crippen LogP) is 3.55. The van der Waals surface area contributed by atoms with Gasteiger partial charge in [-0.15, -0.1) is 0 Å². The molecule has 3 fully saturated rings. The lowest BCUT2D eigenvalue weighted by molar-refractivity contribution is -0.124. The van der Waals surface area contributed by atoms with E-state index in [9.17, 15) is 23.6 Å². The highest BCUT2D eigenvalue weighted by molar-refractivity contribution is 6.23. The first-order chi connectivity index (χ1) is 28.1. The van der Waals surface area contributed by atoms with Gasteiger partial charge in [0.1, 0.15) is 47.6 Å². The maximum atomic E-state index is 13.4. The van der Waals surface area contributed by atoms with Crippen LogP contribution in [0.1, 0.15) is 57.5 Å². The van der Waals surface area contributed by atoms with Gasteiger partial charge in [-0.05, 0) is 86.0 Å². The van der Waals surface area contributed by atoms with E-state index in [-0.39, 0.29) is 47.4 Å². The van der Waals surface area contributed by atoms with Gasteiger partial charge >= 0.3 is 0 Å². The number of anilines is 3. The Morgan fingerprint density at radius 3 is 2.26 bits per heavy atom. The maximum Gasteiger partial charge on any atom is 0.262 e. The number of halogens is 1. The van der Waals surface area contributed by atoms with E-state index in [0.717, 1.165) is 62.7 Å². The normalized spacial score (nSPS) is 18.3. The van der Waals surface area contributed by atoms with Gasteiger partial charge in [0.25, 0.3) is 11.8 Å². The van der Waals surface area contributed by atoms with Crippen molar-refractivity contribution < 1.29 is 28.3 Å². The van der Waals surface area contributed by atoms with E-state index in [2.05, 4.69) is 35.3 Å². The van der Waals surface area contributed by atoms with E-state index in [0.29, 0.717) is 46.8 Å². The molecular weight excluding hydrogens is 744 g/mol. The van der Waals surface area contributed by atoms with Crippen molar-refractivity contribution in [3.05, 3.63) is 101 Å². The maximum absolute atomic E-state index is 13.4. The van der Waals surface area contributed by atoms with Crippen LogP contribution in [0.4, 0.5) is 21.7 Å². The van der Waals surface area contributed by atoms with Crippen molar-refractivity contribution >= 4 is 47.0 Å². The number of carbonyl (C=O) groups excluding carboxylic acids is 4. The molecule has 1 aromatic heterocycles. The quantitative estimate of drug-likeness (QED) is 0.0828. The molecule has 3 aromatic carbocycles. The number of aromatic nitrogens is 2. The monoisotopic (exact) mass is 788 g/mol. The lowest BCUT2D eigenvalue weighted by Crippen LogP contribution is -2.70. The smallest absolute Gasteiger partial charge is 0.262 e. The lowest BCUT2D eigenvalue weighted by atomic mass is 9.95. The van der Waals surface area contributed by atoms with Crippen LogP contribution in [0.5, 0.6) is 11.5 Å². The number of benzene rings is 3. The number of imide groups is 1. The number of ether oxygens (including phenoxy) is 1. The van der Waals surface area contributed by atoms with Gasteiger partial charge in [0.05, 0.1) is 22.4 Å². The molecule has 58 heavy (non-hydrogen) atoms. The lowest BCUT2D eigenvalue weighted by Gasteiger charge is -2.55. The number of likely N-dealkylation sites (N-methyl/N-ethyl adjacent to an activating group) is 1. The van der Waals surface area contributed by atoms with Crippen LogP contribution in [0.15, 0.2) is 73.1 Å². The van der Waals surface area contributed by atoms with Crippen LogP contribution >= 0.6 is 0 Å². The fraction of sp³-hybridized carbons (Fsp3) is 0.357. The van der Waals surface area contributed by atoms with Crippen LogP contribution in [0, 0.1) is 11.2 Å². The van der Waals surface area contributed by atoms with Crippen molar-refractivity contribution in [3.8, 4) is 11.5 Å². The summed E-state index contributed by atoms with van der Waals surface area (Å²) in [5.41, 5.74) is 9.00. The Balaban J connectivity index is 0.805. The molecule has 5 heterocycles. The number of piperidine rings is 1. The molecule has 0 spiro atoms. The number of nitrogens with zero attached hydrogens (tertiary/aromatic N) is 6. The number of hydrogen-bond donors (Lipinski definition) is 4. The third kappa shape index (κ3) is 7.59. The van der Waals surface area contributed by atoms with Crippen LogP contribution in [-0.4, -0.2) is 125 Å². The number of amides is 3. The molecule has 1 unspecified atom stereocenters. The van der Waals surface area contributed by atoms with Crippen LogP contribution in [0.3, 0.4) is 0 Å².